The Bertz CT molecular complexity index is 1050. The van der Waals surface area contributed by atoms with Crippen molar-refractivity contribution in [2.75, 3.05) is 32.6 Å². The van der Waals surface area contributed by atoms with Gasteiger partial charge in [-0.05, 0) is 48.9 Å². The van der Waals surface area contributed by atoms with Crippen LogP contribution < -0.4 is 14.8 Å². The SMILES string of the molecule is CCc1cccc(CC)c1NC(=O)[C@@H]1CCCN(S(=O)(=O)c2ccc(OC)c(OC)c2)C1. The van der Waals surface area contributed by atoms with E-state index in [9.17, 15) is 13.2 Å². The van der Waals surface area contributed by atoms with Crippen LogP contribution >= 0.6 is 0 Å². The molecule has 0 unspecified atom stereocenters. The van der Waals surface area contributed by atoms with E-state index < -0.39 is 15.9 Å². The number of anilines is 1. The van der Waals surface area contributed by atoms with E-state index in [2.05, 4.69) is 19.2 Å². The number of sulfonamides is 1. The van der Waals surface area contributed by atoms with Gasteiger partial charge in [-0.2, -0.15) is 4.31 Å². The minimum absolute atomic E-state index is 0.126. The molecular weight excluding hydrogens is 428 g/mol. The molecule has 0 radical (unpaired) electrons. The molecule has 3 rings (SSSR count). The van der Waals surface area contributed by atoms with E-state index >= 15 is 0 Å². The molecule has 1 atom stereocenters. The van der Waals surface area contributed by atoms with Gasteiger partial charge in [-0.1, -0.05) is 32.0 Å². The minimum Gasteiger partial charge on any atom is -0.493 e. The van der Waals surface area contributed by atoms with Gasteiger partial charge >= 0.3 is 0 Å². The summed E-state index contributed by atoms with van der Waals surface area (Å²) in [6.45, 7) is 4.65. The van der Waals surface area contributed by atoms with E-state index in [0.29, 0.717) is 30.9 Å². The van der Waals surface area contributed by atoms with Crippen molar-refractivity contribution in [3.05, 3.63) is 47.5 Å². The average Bonchev–Trinajstić information content (AvgIpc) is 2.83. The number of para-hydroxylation sites is 1. The van der Waals surface area contributed by atoms with Gasteiger partial charge in [0.15, 0.2) is 11.5 Å². The largest absolute Gasteiger partial charge is 0.493 e. The Kier molecular flexibility index (Phi) is 7.79. The van der Waals surface area contributed by atoms with E-state index in [-0.39, 0.29) is 17.3 Å². The van der Waals surface area contributed by atoms with Crippen molar-refractivity contribution in [1.29, 1.82) is 0 Å². The zero-order valence-corrected chi connectivity index (χ0v) is 20.0. The van der Waals surface area contributed by atoms with Gasteiger partial charge < -0.3 is 14.8 Å². The fourth-order valence-corrected chi connectivity index (χ4v) is 5.67. The Labute approximate surface area is 190 Å². The van der Waals surface area contributed by atoms with Gasteiger partial charge in [-0.15, -0.1) is 0 Å². The highest BCUT2D eigenvalue weighted by Crippen LogP contribution is 2.32. The van der Waals surface area contributed by atoms with Gasteiger partial charge in [-0.3, -0.25) is 4.79 Å². The Morgan fingerprint density at radius 2 is 1.72 bits per heavy atom. The lowest BCUT2D eigenvalue weighted by atomic mass is 9.97. The highest BCUT2D eigenvalue weighted by atomic mass is 32.2. The van der Waals surface area contributed by atoms with Gasteiger partial charge in [0.25, 0.3) is 0 Å². The summed E-state index contributed by atoms with van der Waals surface area (Å²) in [5.74, 6) is 0.271. The second kappa shape index (κ2) is 10.4. The van der Waals surface area contributed by atoms with Crippen LogP contribution in [0, 0.1) is 5.92 Å². The highest BCUT2D eigenvalue weighted by Gasteiger charge is 2.34. The van der Waals surface area contributed by atoms with Crippen LogP contribution in [0.5, 0.6) is 11.5 Å². The first-order chi connectivity index (χ1) is 15.3. The van der Waals surface area contributed by atoms with E-state index in [1.807, 2.05) is 18.2 Å². The number of aryl methyl sites for hydroxylation is 2. The third-order valence-corrected chi connectivity index (χ3v) is 7.86. The van der Waals surface area contributed by atoms with Crippen molar-refractivity contribution in [2.45, 2.75) is 44.4 Å². The molecule has 0 aliphatic carbocycles. The van der Waals surface area contributed by atoms with Crippen LogP contribution in [0.4, 0.5) is 5.69 Å². The van der Waals surface area contributed by atoms with Gasteiger partial charge in [0.1, 0.15) is 0 Å². The second-order valence-corrected chi connectivity index (χ2v) is 9.80. The smallest absolute Gasteiger partial charge is 0.243 e. The molecule has 174 valence electrons. The topological polar surface area (TPSA) is 84.9 Å². The fraction of sp³-hybridized carbons (Fsp3) is 0.458. The molecule has 0 bridgehead atoms. The number of hydrogen-bond acceptors (Lipinski definition) is 5. The van der Waals surface area contributed by atoms with Crippen molar-refractivity contribution in [2.24, 2.45) is 5.92 Å². The molecule has 32 heavy (non-hydrogen) atoms. The summed E-state index contributed by atoms with van der Waals surface area (Å²) >= 11 is 0. The zero-order valence-electron chi connectivity index (χ0n) is 19.2. The van der Waals surface area contributed by atoms with Gasteiger partial charge in [0, 0.05) is 24.8 Å². The zero-order chi connectivity index (χ0) is 23.3. The van der Waals surface area contributed by atoms with Crippen LogP contribution in [0.15, 0.2) is 41.3 Å². The molecule has 0 spiro atoms. The summed E-state index contributed by atoms with van der Waals surface area (Å²) in [6, 6.07) is 10.6. The molecule has 1 amide bonds. The normalized spacial score (nSPS) is 17.1. The summed E-state index contributed by atoms with van der Waals surface area (Å²) in [7, 11) is -0.800. The summed E-state index contributed by atoms with van der Waals surface area (Å²) in [4.78, 5) is 13.3. The van der Waals surface area contributed by atoms with Crippen molar-refractivity contribution >= 4 is 21.6 Å². The number of carbonyl (C=O) groups is 1. The molecule has 1 aliphatic heterocycles. The number of nitrogens with one attached hydrogen (secondary N) is 1. The van der Waals surface area contributed by atoms with E-state index in [4.69, 9.17) is 9.47 Å². The summed E-state index contributed by atoms with van der Waals surface area (Å²) in [6.07, 6.45) is 2.90. The molecule has 1 N–H and O–H groups in total. The Balaban J connectivity index is 1.80. The number of amides is 1. The van der Waals surface area contributed by atoms with Crippen LogP contribution in [-0.2, 0) is 27.7 Å². The molecular formula is C24H32N2O5S. The Morgan fingerprint density at radius 3 is 2.31 bits per heavy atom. The molecule has 2 aromatic carbocycles. The van der Waals surface area contributed by atoms with Crippen LogP contribution in [0.3, 0.4) is 0 Å². The first kappa shape index (κ1) is 24.1. The lowest BCUT2D eigenvalue weighted by molar-refractivity contribution is -0.120. The third kappa shape index (κ3) is 4.91. The first-order valence-corrected chi connectivity index (χ1v) is 12.4. The molecule has 7 nitrogen and oxygen atoms in total. The number of benzene rings is 2. The van der Waals surface area contributed by atoms with Gasteiger partial charge in [0.05, 0.1) is 25.0 Å². The molecule has 0 aromatic heterocycles. The predicted molar refractivity (Wildman–Crippen MR) is 125 cm³/mol. The number of piperidine rings is 1. The molecule has 1 aliphatic rings. The van der Waals surface area contributed by atoms with Gasteiger partial charge in [0.2, 0.25) is 15.9 Å². The maximum Gasteiger partial charge on any atom is 0.243 e. The van der Waals surface area contributed by atoms with Crippen LogP contribution in [-0.4, -0.2) is 45.9 Å². The van der Waals surface area contributed by atoms with E-state index in [0.717, 1.165) is 29.7 Å². The molecule has 8 heteroatoms. The Morgan fingerprint density at radius 1 is 1.06 bits per heavy atom. The minimum atomic E-state index is -3.77. The highest BCUT2D eigenvalue weighted by molar-refractivity contribution is 7.89. The maximum absolute atomic E-state index is 13.3. The van der Waals surface area contributed by atoms with Crippen molar-refractivity contribution in [1.82, 2.24) is 4.31 Å². The predicted octanol–water partition coefficient (Wildman–Crippen LogP) is 3.87. The van der Waals surface area contributed by atoms with E-state index in [1.54, 1.807) is 6.07 Å². The quantitative estimate of drug-likeness (QED) is 0.646. The van der Waals surface area contributed by atoms with Crippen LogP contribution in [0.2, 0.25) is 0 Å². The molecule has 1 saturated heterocycles. The van der Waals surface area contributed by atoms with E-state index in [1.165, 1.54) is 30.7 Å². The van der Waals surface area contributed by atoms with Crippen LogP contribution in [0.1, 0.15) is 37.8 Å². The second-order valence-electron chi connectivity index (χ2n) is 7.87. The molecule has 2 aromatic rings. The molecule has 0 saturated carbocycles. The number of hydrogen-bond donors (Lipinski definition) is 1. The van der Waals surface area contributed by atoms with Crippen molar-refractivity contribution in [3.63, 3.8) is 0 Å². The summed E-state index contributed by atoms with van der Waals surface area (Å²) < 4.78 is 38.4. The van der Waals surface area contributed by atoms with Crippen molar-refractivity contribution in [3.8, 4) is 11.5 Å². The summed E-state index contributed by atoms with van der Waals surface area (Å²) in [5.41, 5.74) is 3.04. The summed E-state index contributed by atoms with van der Waals surface area (Å²) in [5, 5.41) is 3.10. The number of ether oxygens (including phenoxy) is 2. The lowest BCUT2D eigenvalue weighted by Crippen LogP contribution is -2.43. The average molecular weight is 461 g/mol. The van der Waals surface area contributed by atoms with Crippen molar-refractivity contribution < 1.29 is 22.7 Å². The maximum atomic E-state index is 13.3. The van der Waals surface area contributed by atoms with Gasteiger partial charge in [-0.25, -0.2) is 8.42 Å². The number of rotatable bonds is 8. The lowest BCUT2D eigenvalue weighted by Gasteiger charge is -2.31. The Hall–Kier alpha value is -2.58. The first-order valence-electron chi connectivity index (χ1n) is 11.0. The fourth-order valence-electron chi connectivity index (χ4n) is 4.13. The number of carbonyl (C=O) groups excluding carboxylic acids is 1. The molecule has 1 heterocycles. The third-order valence-electron chi connectivity index (χ3n) is 5.99. The van der Waals surface area contributed by atoms with Crippen LogP contribution in [0.25, 0.3) is 0 Å². The monoisotopic (exact) mass is 460 g/mol. The standard InChI is InChI=1S/C24H32N2O5S/c1-5-17-9-7-10-18(6-2)23(17)25-24(27)19-11-8-14-26(16-19)32(28,29)20-12-13-21(30-3)22(15-20)31-4/h7,9-10,12-13,15,19H,5-6,8,11,14,16H2,1-4H3,(H,25,27)/t19-/m1/s1. The number of methoxy groups -OCH3 is 2. The number of nitrogens with zero attached hydrogens (tertiary/aromatic N) is 1. The molecule has 1 fully saturated rings.